The molecule has 2 aromatic rings. The fraction of sp³-hybridized carbons (Fsp3) is 0.200. The average Bonchev–Trinajstić information content (AvgIpc) is 2.48. The smallest absolute Gasteiger partial charge is 0.488 e. The lowest BCUT2D eigenvalue weighted by atomic mass is 9.77. The highest BCUT2D eigenvalue weighted by molar-refractivity contribution is 6.59. The third kappa shape index (κ3) is 3.74. The van der Waals surface area contributed by atoms with Crippen molar-refractivity contribution in [2.75, 3.05) is 19.1 Å². The van der Waals surface area contributed by atoms with Gasteiger partial charge in [0.2, 0.25) is 0 Å². The van der Waals surface area contributed by atoms with Gasteiger partial charge < -0.3 is 19.7 Å². The van der Waals surface area contributed by atoms with Crippen molar-refractivity contribution in [1.82, 2.24) is 0 Å². The van der Waals surface area contributed by atoms with E-state index in [0.29, 0.717) is 12.1 Å². The maximum atomic E-state index is 13.2. The van der Waals surface area contributed by atoms with Crippen molar-refractivity contribution in [3.8, 4) is 5.75 Å². The zero-order valence-corrected chi connectivity index (χ0v) is 12.0. The number of hydrogen-bond acceptors (Lipinski definition) is 4. The number of ether oxygens (including phenoxy) is 1. The first kappa shape index (κ1) is 15.3. The van der Waals surface area contributed by atoms with Crippen LogP contribution in [0.3, 0.4) is 0 Å². The maximum absolute atomic E-state index is 13.2. The van der Waals surface area contributed by atoms with Crippen LogP contribution in [-0.4, -0.2) is 31.3 Å². The van der Waals surface area contributed by atoms with E-state index in [0.717, 1.165) is 17.5 Å². The van der Waals surface area contributed by atoms with Gasteiger partial charge in [0.05, 0.1) is 7.11 Å². The van der Waals surface area contributed by atoms with E-state index in [-0.39, 0.29) is 5.46 Å². The van der Waals surface area contributed by atoms with Crippen LogP contribution in [0.25, 0.3) is 0 Å². The predicted octanol–water partition coefficient (Wildman–Crippen LogP) is 1.15. The van der Waals surface area contributed by atoms with Gasteiger partial charge in [0, 0.05) is 25.3 Å². The summed E-state index contributed by atoms with van der Waals surface area (Å²) < 4.78 is 18.4. The largest absolute Gasteiger partial charge is 0.497 e. The van der Waals surface area contributed by atoms with Crippen LogP contribution in [0, 0.1) is 5.82 Å². The second kappa shape index (κ2) is 6.60. The van der Waals surface area contributed by atoms with Crippen LogP contribution in [0.2, 0.25) is 0 Å². The molecule has 110 valence electrons. The lowest BCUT2D eigenvalue weighted by Crippen LogP contribution is -2.35. The molecule has 2 rings (SSSR count). The van der Waals surface area contributed by atoms with Crippen LogP contribution in [0.4, 0.5) is 10.1 Å². The number of rotatable bonds is 5. The Bertz CT molecular complexity index is 622. The van der Waals surface area contributed by atoms with E-state index in [2.05, 4.69) is 0 Å². The van der Waals surface area contributed by atoms with Gasteiger partial charge in [-0.15, -0.1) is 0 Å². The van der Waals surface area contributed by atoms with Gasteiger partial charge in [0.1, 0.15) is 11.6 Å². The molecule has 2 N–H and O–H groups in total. The van der Waals surface area contributed by atoms with Crippen LogP contribution in [-0.2, 0) is 6.54 Å². The Morgan fingerprint density at radius 2 is 1.95 bits per heavy atom. The predicted molar refractivity (Wildman–Crippen MR) is 81.3 cm³/mol. The summed E-state index contributed by atoms with van der Waals surface area (Å²) in [6, 6.07) is 11.5. The summed E-state index contributed by atoms with van der Waals surface area (Å²) in [7, 11) is 1.76. The molecule has 21 heavy (non-hydrogen) atoms. The van der Waals surface area contributed by atoms with Gasteiger partial charge in [-0.25, -0.2) is 4.39 Å². The zero-order chi connectivity index (χ0) is 15.4. The van der Waals surface area contributed by atoms with Crippen molar-refractivity contribution >= 4 is 18.3 Å². The summed E-state index contributed by atoms with van der Waals surface area (Å²) in [4.78, 5) is 1.92. The molecule has 0 bridgehead atoms. The van der Waals surface area contributed by atoms with E-state index < -0.39 is 12.9 Å². The van der Waals surface area contributed by atoms with E-state index in [1.807, 2.05) is 36.2 Å². The van der Waals surface area contributed by atoms with Crippen LogP contribution >= 0.6 is 0 Å². The molecule has 0 saturated carbocycles. The van der Waals surface area contributed by atoms with Crippen LogP contribution in [0.5, 0.6) is 5.75 Å². The maximum Gasteiger partial charge on any atom is 0.488 e. The molecule has 0 fully saturated rings. The summed E-state index contributed by atoms with van der Waals surface area (Å²) >= 11 is 0. The van der Waals surface area contributed by atoms with E-state index in [1.165, 1.54) is 6.07 Å². The molecule has 0 aromatic heterocycles. The van der Waals surface area contributed by atoms with Crippen molar-refractivity contribution in [3.05, 3.63) is 53.8 Å². The second-order valence-corrected chi connectivity index (χ2v) is 4.77. The Morgan fingerprint density at radius 1 is 1.19 bits per heavy atom. The minimum Gasteiger partial charge on any atom is -0.497 e. The molecule has 0 radical (unpaired) electrons. The topological polar surface area (TPSA) is 52.9 Å². The van der Waals surface area contributed by atoms with E-state index in [1.54, 1.807) is 13.2 Å². The van der Waals surface area contributed by atoms with Crippen LogP contribution in [0.1, 0.15) is 5.56 Å². The molecule has 2 aromatic carbocycles. The fourth-order valence-corrected chi connectivity index (χ4v) is 2.14. The quantitative estimate of drug-likeness (QED) is 0.811. The summed E-state index contributed by atoms with van der Waals surface area (Å²) in [5.74, 6) is 0.242. The van der Waals surface area contributed by atoms with Gasteiger partial charge in [-0.3, -0.25) is 0 Å². The van der Waals surface area contributed by atoms with Crippen molar-refractivity contribution < 1.29 is 19.2 Å². The van der Waals surface area contributed by atoms with Gasteiger partial charge in [-0.05, 0) is 35.3 Å². The Kier molecular flexibility index (Phi) is 4.83. The first-order valence-electron chi connectivity index (χ1n) is 6.51. The number of benzene rings is 2. The molecule has 0 aliphatic rings. The minimum atomic E-state index is -1.70. The van der Waals surface area contributed by atoms with Crippen LogP contribution < -0.4 is 15.1 Å². The first-order chi connectivity index (χ1) is 10.0. The molecule has 0 heterocycles. The van der Waals surface area contributed by atoms with Crippen molar-refractivity contribution in [3.63, 3.8) is 0 Å². The third-order valence-electron chi connectivity index (χ3n) is 3.29. The van der Waals surface area contributed by atoms with Gasteiger partial charge in [-0.2, -0.15) is 0 Å². The Morgan fingerprint density at radius 3 is 2.62 bits per heavy atom. The number of hydrogen-bond donors (Lipinski definition) is 2. The zero-order valence-electron chi connectivity index (χ0n) is 12.0. The number of halogens is 1. The van der Waals surface area contributed by atoms with Crippen molar-refractivity contribution in [2.24, 2.45) is 0 Å². The first-order valence-corrected chi connectivity index (χ1v) is 6.51. The van der Waals surface area contributed by atoms with Gasteiger partial charge in [0.15, 0.2) is 0 Å². The Balaban J connectivity index is 2.24. The number of nitrogens with zero attached hydrogens (tertiary/aromatic N) is 1. The summed E-state index contributed by atoms with van der Waals surface area (Å²) in [5.41, 5.74) is 1.73. The molecule has 0 unspecified atom stereocenters. The number of methoxy groups -OCH3 is 1. The molecule has 0 spiro atoms. The highest BCUT2D eigenvalue weighted by Gasteiger charge is 2.18. The summed E-state index contributed by atoms with van der Waals surface area (Å²) in [6.45, 7) is 0.417. The number of anilines is 1. The normalized spacial score (nSPS) is 10.3. The molecular formula is C15H17BFNO3. The summed E-state index contributed by atoms with van der Waals surface area (Å²) in [6.07, 6.45) is 0. The lowest BCUT2D eigenvalue weighted by molar-refractivity contribution is 0.415. The van der Waals surface area contributed by atoms with Gasteiger partial charge >= 0.3 is 7.12 Å². The highest BCUT2D eigenvalue weighted by Crippen LogP contribution is 2.21. The monoisotopic (exact) mass is 289 g/mol. The van der Waals surface area contributed by atoms with E-state index in [4.69, 9.17) is 4.74 Å². The molecule has 0 saturated heterocycles. The summed E-state index contributed by atoms with van der Waals surface area (Å²) in [5, 5.41) is 18.7. The molecule has 4 nitrogen and oxygen atoms in total. The lowest BCUT2D eigenvalue weighted by Gasteiger charge is -2.21. The fourth-order valence-electron chi connectivity index (χ4n) is 2.14. The van der Waals surface area contributed by atoms with Crippen molar-refractivity contribution in [1.29, 1.82) is 0 Å². The SMILES string of the molecule is COc1cccc(N(C)Cc2ccc(F)cc2B(O)O)c1. The average molecular weight is 289 g/mol. The molecule has 0 amide bonds. The van der Waals surface area contributed by atoms with Crippen molar-refractivity contribution in [2.45, 2.75) is 6.54 Å². The van der Waals surface area contributed by atoms with Gasteiger partial charge in [-0.1, -0.05) is 12.1 Å². The Labute approximate surface area is 123 Å². The molecule has 0 aliphatic heterocycles. The minimum absolute atomic E-state index is 0.171. The third-order valence-corrected chi connectivity index (χ3v) is 3.29. The molecule has 0 atom stereocenters. The molecule has 6 heteroatoms. The molecular weight excluding hydrogens is 272 g/mol. The van der Waals surface area contributed by atoms with Crippen LogP contribution in [0.15, 0.2) is 42.5 Å². The standard InChI is InChI=1S/C15H17BFNO3/c1-18(13-4-3-5-14(9-13)21-2)10-11-6-7-12(17)8-15(11)16(19)20/h3-9,19-20H,10H2,1-2H3. The Hall–Kier alpha value is -2.05. The second-order valence-electron chi connectivity index (χ2n) is 4.77. The van der Waals surface area contributed by atoms with Gasteiger partial charge in [0.25, 0.3) is 0 Å². The molecule has 0 aliphatic carbocycles. The highest BCUT2D eigenvalue weighted by atomic mass is 19.1. The van der Waals surface area contributed by atoms with E-state index >= 15 is 0 Å². The van der Waals surface area contributed by atoms with E-state index in [9.17, 15) is 14.4 Å².